The van der Waals surface area contributed by atoms with Gasteiger partial charge in [-0.15, -0.1) is 0 Å². The Morgan fingerprint density at radius 2 is 1.85 bits per heavy atom. The molecule has 0 saturated heterocycles. The molecule has 27 heavy (non-hydrogen) atoms. The molecule has 0 amide bonds. The largest absolute Gasteiger partial charge is 0.456 e. The number of fused-ring (bicyclic) bond motifs is 1. The second kappa shape index (κ2) is 6.69. The number of hydrogen-bond acceptors (Lipinski definition) is 6. The van der Waals surface area contributed by atoms with Gasteiger partial charge in [0.2, 0.25) is 10.0 Å². The minimum atomic E-state index is -3.36. The molecule has 3 rings (SSSR count). The van der Waals surface area contributed by atoms with Crippen LogP contribution in [-0.2, 0) is 41.9 Å². The fourth-order valence-electron chi connectivity index (χ4n) is 2.98. The Kier molecular flexibility index (Phi) is 4.68. The van der Waals surface area contributed by atoms with E-state index in [1.54, 1.807) is 12.1 Å². The van der Waals surface area contributed by atoms with Crippen molar-refractivity contribution in [1.82, 2.24) is 9.13 Å². The smallest absolute Gasteiger partial charge is 0.338 e. The van der Waals surface area contributed by atoms with Gasteiger partial charge in [-0.05, 0) is 30.2 Å². The molecule has 0 N–H and O–H groups in total. The van der Waals surface area contributed by atoms with Gasteiger partial charge < -0.3 is 4.74 Å². The van der Waals surface area contributed by atoms with E-state index in [-0.39, 0.29) is 17.9 Å². The maximum Gasteiger partial charge on any atom is 0.338 e. The van der Waals surface area contributed by atoms with Gasteiger partial charge in [-0.1, -0.05) is 0 Å². The summed E-state index contributed by atoms with van der Waals surface area (Å²) in [6.45, 7) is 0.106. The first-order valence-electron chi connectivity index (χ1n) is 8.13. The number of nitrogens with zero attached hydrogens (tertiary/aromatic N) is 3. The van der Waals surface area contributed by atoms with Crippen LogP contribution in [0.4, 0.5) is 5.69 Å². The number of sulfonamides is 1. The van der Waals surface area contributed by atoms with E-state index in [0.717, 1.165) is 16.4 Å². The molecule has 1 aromatic heterocycles. The van der Waals surface area contributed by atoms with Crippen molar-refractivity contribution in [1.29, 1.82) is 0 Å². The fourth-order valence-corrected chi connectivity index (χ4v) is 3.94. The van der Waals surface area contributed by atoms with Crippen molar-refractivity contribution in [2.45, 2.75) is 13.0 Å². The number of carbonyl (C=O) groups is 1. The van der Waals surface area contributed by atoms with Gasteiger partial charge in [0, 0.05) is 26.7 Å². The second-order valence-corrected chi connectivity index (χ2v) is 8.29. The summed E-state index contributed by atoms with van der Waals surface area (Å²) in [6, 6.07) is 5.91. The third-order valence-corrected chi connectivity index (χ3v) is 5.72. The van der Waals surface area contributed by atoms with E-state index in [9.17, 15) is 22.8 Å². The van der Waals surface area contributed by atoms with Gasteiger partial charge in [-0.25, -0.2) is 18.0 Å². The van der Waals surface area contributed by atoms with Crippen LogP contribution in [0.3, 0.4) is 0 Å². The highest BCUT2D eigenvalue weighted by Gasteiger charge is 2.27. The molecule has 0 aliphatic carbocycles. The predicted octanol–water partition coefficient (Wildman–Crippen LogP) is -0.237. The molecule has 0 saturated carbocycles. The SMILES string of the molecule is Cn1c(COC(=O)c2ccc3c(c2)CCN3S(C)(=O)=O)cc(=O)n(C)c1=O. The molecule has 1 aliphatic rings. The Morgan fingerprint density at radius 1 is 1.15 bits per heavy atom. The first-order chi connectivity index (χ1) is 12.6. The molecule has 2 aromatic rings. The van der Waals surface area contributed by atoms with Crippen LogP contribution in [0.1, 0.15) is 21.6 Å². The number of aromatic nitrogens is 2. The zero-order chi connectivity index (χ0) is 19.9. The number of rotatable bonds is 4. The summed E-state index contributed by atoms with van der Waals surface area (Å²) in [6.07, 6.45) is 1.64. The van der Waals surface area contributed by atoms with Crippen molar-refractivity contribution < 1.29 is 17.9 Å². The molecule has 0 radical (unpaired) electrons. The summed E-state index contributed by atoms with van der Waals surface area (Å²) in [5.74, 6) is -0.622. The van der Waals surface area contributed by atoms with Crippen LogP contribution in [0, 0.1) is 0 Å². The van der Waals surface area contributed by atoms with E-state index < -0.39 is 27.2 Å². The first kappa shape index (κ1) is 18.9. The minimum absolute atomic E-state index is 0.229. The Morgan fingerprint density at radius 3 is 2.52 bits per heavy atom. The van der Waals surface area contributed by atoms with Crippen molar-refractivity contribution in [3.8, 4) is 0 Å². The standard InChI is InChI=1S/C17H19N3O6S/c1-18-13(9-15(21)19(2)17(18)23)10-26-16(22)12-4-5-14-11(8-12)6-7-20(14)27(3,24)25/h4-5,8-9H,6-7,10H2,1-3H3. The molecule has 0 spiro atoms. The fraction of sp³-hybridized carbons (Fsp3) is 0.353. The highest BCUT2D eigenvalue weighted by Crippen LogP contribution is 2.30. The summed E-state index contributed by atoms with van der Waals surface area (Å²) in [4.78, 5) is 35.9. The lowest BCUT2D eigenvalue weighted by Gasteiger charge is -2.16. The van der Waals surface area contributed by atoms with Gasteiger partial charge in [0.25, 0.3) is 5.56 Å². The van der Waals surface area contributed by atoms with Crippen LogP contribution in [0.15, 0.2) is 33.9 Å². The van der Waals surface area contributed by atoms with E-state index in [1.807, 2.05) is 0 Å². The Hall–Kier alpha value is -2.88. The molecule has 0 unspecified atom stereocenters. The van der Waals surface area contributed by atoms with Crippen LogP contribution in [0.25, 0.3) is 0 Å². The zero-order valence-corrected chi connectivity index (χ0v) is 15.9. The molecule has 0 fully saturated rings. The molecule has 1 aliphatic heterocycles. The average molecular weight is 393 g/mol. The van der Waals surface area contributed by atoms with Gasteiger partial charge in [-0.3, -0.25) is 18.2 Å². The lowest BCUT2D eigenvalue weighted by atomic mass is 10.1. The lowest BCUT2D eigenvalue weighted by molar-refractivity contribution is 0.0462. The van der Waals surface area contributed by atoms with Crippen LogP contribution in [-0.4, -0.2) is 36.3 Å². The Balaban J connectivity index is 1.79. The summed E-state index contributed by atoms with van der Waals surface area (Å²) in [7, 11) is -0.506. The second-order valence-electron chi connectivity index (χ2n) is 6.38. The van der Waals surface area contributed by atoms with Crippen LogP contribution in [0.5, 0.6) is 0 Å². The van der Waals surface area contributed by atoms with E-state index in [2.05, 4.69) is 0 Å². The molecule has 2 heterocycles. The molecule has 9 nitrogen and oxygen atoms in total. The van der Waals surface area contributed by atoms with Gasteiger partial charge >= 0.3 is 11.7 Å². The van der Waals surface area contributed by atoms with E-state index in [4.69, 9.17) is 4.74 Å². The summed E-state index contributed by atoms with van der Waals surface area (Å²) in [5.41, 5.74) is 0.868. The molecule has 10 heteroatoms. The maximum atomic E-state index is 12.3. The van der Waals surface area contributed by atoms with E-state index in [0.29, 0.717) is 18.7 Å². The number of benzene rings is 1. The van der Waals surface area contributed by atoms with Crippen molar-refractivity contribution in [3.05, 3.63) is 61.9 Å². The van der Waals surface area contributed by atoms with E-state index in [1.165, 1.54) is 35.1 Å². The Bertz CT molecular complexity index is 1150. The highest BCUT2D eigenvalue weighted by molar-refractivity contribution is 7.92. The van der Waals surface area contributed by atoms with Crippen LogP contribution in [0.2, 0.25) is 0 Å². The van der Waals surface area contributed by atoms with Gasteiger partial charge in [-0.2, -0.15) is 0 Å². The van der Waals surface area contributed by atoms with Crippen LogP contribution < -0.4 is 15.6 Å². The summed E-state index contributed by atoms with van der Waals surface area (Å²) in [5, 5.41) is 0. The number of carbonyl (C=O) groups excluding carboxylic acids is 1. The topological polar surface area (TPSA) is 108 Å². The number of ether oxygens (including phenoxy) is 1. The molecular weight excluding hydrogens is 374 g/mol. The molecule has 0 bridgehead atoms. The monoisotopic (exact) mass is 393 g/mol. The average Bonchev–Trinajstić information content (AvgIpc) is 3.05. The van der Waals surface area contributed by atoms with Crippen LogP contribution >= 0.6 is 0 Å². The minimum Gasteiger partial charge on any atom is -0.456 e. The predicted molar refractivity (Wildman–Crippen MR) is 98.4 cm³/mol. The third-order valence-electron chi connectivity index (χ3n) is 4.54. The zero-order valence-electron chi connectivity index (χ0n) is 15.1. The normalized spacial score (nSPS) is 13.5. The van der Waals surface area contributed by atoms with Crippen molar-refractivity contribution in [2.24, 2.45) is 14.1 Å². The van der Waals surface area contributed by atoms with Gasteiger partial charge in [0.05, 0.1) is 23.2 Å². The molecule has 1 aromatic carbocycles. The first-order valence-corrected chi connectivity index (χ1v) is 9.98. The van der Waals surface area contributed by atoms with Gasteiger partial charge in [0.15, 0.2) is 0 Å². The quantitative estimate of drug-likeness (QED) is 0.664. The number of anilines is 1. The van der Waals surface area contributed by atoms with Gasteiger partial charge in [0.1, 0.15) is 6.61 Å². The maximum absolute atomic E-state index is 12.3. The molecule has 0 atom stereocenters. The number of hydrogen-bond donors (Lipinski definition) is 0. The lowest BCUT2D eigenvalue weighted by Crippen LogP contribution is -2.38. The third kappa shape index (κ3) is 3.52. The summed E-state index contributed by atoms with van der Waals surface area (Å²) < 4.78 is 32.2. The number of esters is 1. The van der Waals surface area contributed by atoms with Crippen molar-refractivity contribution in [2.75, 3.05) is 17.1 Å². The summed E-state index contributed by atoms with van der Waals surface area (Å²) >= 11 is 0. The Labute approximate surface area is 155 Å². The molecule has 144 valence electrons. The van der Waals surface area contributed by atoms with Crippen molar-refractivity contribution in [3.63, 3.8) is 0 Å². The molecular formula is C17H19N3O6S. The highest BCUT2D eigenvalue weighted by atomic mass is 32.2. The van der Waals surface area contributed by atoms with E-state index >= 15 is 0 Å². The van der Waals surface area contributed by atoms with Crippen molar-refractivity contribution >= 4 is 21.7 Å².